The first kappa shape index (κ1) is 8.70. The van der Waals surface area contributed by atoms with Crippen molar-refractivity contribution in [2.75, 3.05) is 0 Å². The monoisotopic (exact) mass is 191 g/mol. The fourth-order valence-electron chi connectivity index (χ4n) is 1.52. The summed E-state index contributed by atoms with van der Waals surface area (Å²) < 4.78 is 1.32. The zero-order valence-corrected chi connectivity index (χ0v) is 9.03. The number of nitrogens with zero attached hydrogens (tertiary/aromatic N) is 1. The van der Waals surface area contributed by atoms with Gasteiger partial charge in [0.25, 0.3) is 0 Å². The Labute approximate surface area is 82.1 Å². The van der Waals surface area contributed by atoms with Crippen LogP contribution in [0.3, 0.4) is 0 Å². The zero-order chi connectivity index (χ0) is 9.42. The Balaban J connectivity index is 2.83. The van der Waals surface area contributed by atoms with E-state index < -0.39 is 0 Å². The molecule has 0 N–H and O–H groups in total. The molecule has 0 aliphatic heterocycles. The maximum atomic E-state index is 4.54. The molecule has 0 bridgehead atoms. The topological polar surface area (TPSA) is 12.9 Å². The van der Waals surface area contributed by atoms with Gasteiger partial charge in [-0.3, -0.25) is 0 Å². The van der Waals surface area contributed by atoms with E-state index in [4.69, 9.17) is 0 Å². The Morgan fingerprint density at radius 2 is 2.08 bits per heavy atom. The Morgan fingerprint density at radius 3 is 2.85 bits per heavy atom. The van der Waals surface area contributed by atoms with Crippen LogP contribution in [0.2, 0.25) is 0 Å². The van der Waals surface area contributed by atoms with Crippen LogP contribution in [0.5, 0.6) is 0 Å². The van der Waals surface area contributed by atoms with Gasteiger partial charge in [-0.05, 0) is 38.8 Å². The molecule has 0 atom stereocenters. The molecule has 0 spiro atoms. The van der Waals surface area contributed by atoms with Crippen LogP contribution in [-0.2, 0) is 0 Å². The number of rotatable bonds is 0. The lowest BCUT2D eigenvalue weighted by Gasteiger charge is -1.90. The fraction of sp³-hybridized carbons (Fsp3) is 0.364. The highest BCUT2D eigenvalue weighted by Gasteiger charge is 2.02. The summed E-state index contributed by atoms with van der Waals surface area (Å²) in [6.45, 7) is 6.39. The SMILES string of the molecule is CC1=CCC(C)=c2nc(C)sc2=C1. The summed E-state index contributed by atoms with van der Waals surface area (Å²) in [6.07, 6.45) is 5.54. The average Bonchev–Trinajstić information content (AvgIpc) is 2.37. The second-order valence-electron chi connectivity index (χ2n) is 3.52. The number of hydrogen-bond donors (Lipinski definition) is 0. The maximum absolute atomic E-state index is 4.54. The van der Waals surface area contributed by atoms with Crippen molar-refractivity contribution < 1.29 is 0 Å². The van der Waals surface area contributed by atoms with Gasteiger partial charge >= 0.3 is 0 Å². The summed E-state index contributed by atoms with van der Waals surface area (Å²) in [4.78, 5) is 4.54. The number of thiazole rings is 1. The van der Waals surface area contributed by atoms with Crippen LogP contribution in [0, 0.1) is 6.92 Å². The molecular formula is C11H13NS. The Bertz CT molecular complexity index is 477. The van der Waals surface area contributed by atoms with E-state index in [1.165, 1.54) is 21.0 Å². The van der Waals surface area contributed by atoms with Crippen molar-refractivity contribution in [1.82, 2.24) is 4.98 Å². The van der Waals surface area contributed by atoms with Gasteiger partial charge in [0.1, 0.15) is 0 Å². The van der Waals surface area contributed by atoms with Crippen molar-refractivity contribution in [2.24, 2.45) is 0 Å². The van der Waals surface area contributed by atoms with E-state index in [1.807, 2.05) is 0 Å². The molecule has 1 heterocycles. The largest absolute Gasteiger partial charge is 0.242 e. The van der Waals surface area contributed by atoms with Crippen LogP contribution in [-0.4, -0.2) is 4.98 Å². The van der Waals surface area contributed by atoms with Crippen LogP contribution in [0.25, 0.3) is 11.6 Å². The third-order valence-corrected chi connectivity index (χ3v) is 3.17. The normalized spacial score (nSPS) is 15.9. The van der Waals surface area contributed by atoms with Crippen molar-refractivity contribution in [1.29, 1.82) is 0 Å². The minimum Gasteiger partial charge on any atom is -0.242 e. The lowest BCUT2D eigenvalue weighted by molar-refractivity contribution is 1.19. The Kier molecular flexibility index (Phi) is 2.08. The summed E-state index contributed by atoms with van der Waals surface area (Å²) in [7, 11) is 0. The van der Waals surface area contributed by atoms with E-state index in [2.05, 4.69) is 37.9 Å². The molecule has 0 fully saturated rings. The Morgan fingerprint density at radius 1 is 1.31 bits per heavy atom. The van der Waals surface area contributed by atoms with Gasteiger partial charge in [0.05, 0.1) is 14.9 Å². The van der Waals surface area contributed by atoms with Crippen molar-refractivity contribution in [3.8, 4) is 0 Å². The molecule has 1 aliphatic carbocycles. The molecule has 0 amide bonds. The first-order chi connectivity index (χ1) is 6.16. The van der Waals surface area contributed by atoms with E-state index >= 15 is 0 Å². The van der Waals surface area contributed by atoms with Gasteiger partial charge in [0.2, 0.25) is 0 Å². The van der Waals surface area contributed by atoms with E-state index in [9.17, 15) is 0 Å². The molecule has 0 aromatic carbocycles. The van der Waals surface area contributed by atoms with Gasteiger partial charge in [-0.2, -0.15) is 0 Å². The molecule has 68 valence electrons. The molecule has 2 heteroatoms. The first-order valence-electron chi connectivity index (χ1n) is 4.48. The van der Waals surface area contributed by atoms with Gasteiger partial charge in [-0.15, -0.1) is 11.3 Å². The molecule has 1 aliphatic rings. The Hall–Kier alpha value is -0.890. The lowest BCUT2D eigenvalue weighted by Crippen LogP contribution is -2.22. The van der Waals surface area contributed by atoms with Crippen molar-refractivity contribution in [3.05, 3.63) is 26.5 Å². The zero-order valence-electron chi connectivity index (χ0n) is 8.22. The predicted molar refractivity (Wildman–Crippen MR) is 58.0 cm³/mol. The molecular weight excluding hydrogens is 178 g/mol. The molecule has 13 heavy (non-hydrogen) atoms. The van der Waals surface area contributed by atoms with Gasteiger partial charge in [-0.25, -0.2) is 4.98 Å². The molecule has 1 nitrogen and oxygen atoms in total. The van der Waals surface area contributed by atoms with E-state index in [1.54, 1.807) is 11.3 Å². The summed E-state index contributed by atoms with van der Waals surface area (Å²) >= 11 is 1.78. The highest BCUT2D eigenvalue weighted by Crippen LogP contribution is 2.08. The third kappa shape index (κ3) is 1.59. The summed E-state index contributed by atoms with van der Waals surface area (Å²) in [5, 5.41) is 2.37. The van der Waals surface area contributed by atoms with Crippen molar-refractivity contribution in [3.63, 3.8) is 0 Å². The number of fused-ring (bicyclic) bond motifs is 1. The predicted octanol–water partition coefficient (Wildman–Crippen LogP) is 1.75. The van der Waals surface area contributed by atoms with Crippen LogP contribution < -0.4 is 9.88 Å². The van der Waals surface area contributed by atoms with Crippen LogP contribution in [0.15, 0.2) is 11.6 Å². The third-order valence-electron chi connectivity index (χ3n) is 2.25. The minimum absolute atomic E-state index is 1.04. The number of hydrogen-bond acceptors (Lipinski definition) is 2. The highest BCUT2D eigenvalue weighted by molar-refractivity contribution is 7.09. The van der Waals surface area contributed by atoms with Crippen molar-refractivity contribution >= 4 is 23.0 Å². The quantitative estimate of drug-likeness (QED) is 0.609. The lowest BCUT2D eigenvalue weighted by atomic mass is 10.2. The maximum Gasteiger partial charge on any atom is 0.0907 e. The van der Waals surface area contributed by atoms with Gasteiger partial charge in [0, 0.05) is 0 Å². The number of aromatic nitrogens is 1. The van der Waals surface area contributed by atoms with Crippen molar-refractivity contribution in [2.45, 2.75) is 27.2 Å². The van der Waals surface area contributed by atoms with Gasteiger partial charge in [-0.1, -0.05) is 11.6 Å². The summed E-state index contributed by atoms with van der Waals surface area (Å²) in [5.41, 5.74) is 2.73. The van der Waals surface area contributed by atoms with Gasteiger partial charge < -0.3 is 0 Å². The molecule has 0 saturated carbocycles. The van der Waals surface area contributed by atoms with E-state index in [-0.39, 0.29) is 0 Å². The molecule has 2 rings (SSSR count). The molecule has 0 radical (unpaired) electrons. The fourth-order valence-corrected chi connectivity index (χ4v) is 2.54. The average molecular weight is 191 g/mol. The first-order valence-corrected chi connectivity index (χ1v) is 5.30. The summed E-state index contributed by atoms with van der Waals surface area (Å²) in [5.74, 6) is 0. The molecule has 0 unspecified atom stereocenters. The van der Waals surface area contributed by atoms with Crippen LogP contribution in [0.1, 0.15) is 25.3 Å². The number of aryl methyl sites for hydroxylation is 1. The second-order valence-corrected chi connectivity index (χ2v) is 4.76. The smallest absolute Gasteiger partial charge is 0.0907 e. The molecule has 0 saturated heterocycles. The van der Waals surface area contributed by atoms with Gasteiger partial charge in [0.15, 0.2) is 0 Å². The van der Waals surface area contributed by atoms with E-state index in [0.29, 0.717) is 0 Å². The second kappa shape index (κ2) is 3.11. The van der Waals surface area contributed by atoms with Crippen LogP contribution in [0.4, 0.5) is 0 Å². The standard InChI is InChI=1S/C11H13NS/c1-7-4-5-8(2)11-10(6-7)13-9(3)12-11/h4,6H,5H2,1-3H3. The molecule has 1 aromatic rings. The van der Waals surface area contributed by atoms with Crippen LogP contribution >= 0.6 is 11.3 Å². The molecule has 1 aromatic heterocycles. The highest BCUT2D eigenvalue weighted by atomic mass is 32.1. The van der Waals surface area contributed by atoms with E-state index in [0.717, 1.165) is 11.4 Å². The summed E-state index contributed by atoms with van der Waals surface area (Å²) in [6, 6.07) is 0. The minimum atomic E-state index is 1.04. The number of allylic oxidation sites excluding steroid dienone is 2.